The molecular weight excluding hydrogens is 447 g/mol. The molecule has 0 N–H and O–H groups in total. The molecule has 32 heavy (non-hydrogen) atoms. The zero-order valence-electron chi connectivity index (χ0n) is 17.9. The van der Waals surface area contributed by atoms with E-state index in [4.69, 9.17) is 4.74 Å². The Balaban J connectivity index is 1.79. The Kier molecular flexibility index (Phi) is 6.68. The van der Waals surface area contributed by atoms with Crippen molar-refractivity contribution in [2.24, 2.45) is 0 Å². The van der Waals surface area contributed by atoms with Gasteiger partial charge in [0.05, 0.1) is 16.6 Å². The van der Waals surface area contributed by atoms with Crippen molar-refractivity contribution in [1.29, 1.82) is 0 Å². The summed E-state index contributed by atoms with van der Waals surface area (Å²) in [6.07, 6.45) is -3.71. The number of nitrogens with zero attached hydrogens (tertiary/aromatic N) is 3. The fourth-order valence-corrected chi connectivity index (χ4v) is 3.98. The second kappa shape index (κ2) is 8.97. The average molecular weight is 472 g/mol. The van der Waals surface area contributed by atoms with Crippen molar-refractivity contribution in [3.05, 3.63) is 47.7 Å². The first-order valence-electron chi connectivity index (χ1n) is 9.95. The molecule has 0 unspecified atom stereocenters. The number of sulfone groups is 1. The van der Waals surface area contributed by atoms with Crippen LogP contribution in [0.4, 0.5) is 19.0 Å². The van der Waals surface area contributed by atoms with Gasteiger partial charge in [0.1, 0.15) is 17.3 Å². The number of alkyl halides is 3. The molecule has 0 saturated carbocycles. The monoisotopic (exact) mass is 471 g/mol. The molecule has 0 radical (unpaired) electrons. The Morgan fingerprint density at radius 1 is 1.09 bits per heavy atom. The molecule has 1 fully saturated rings. The SMILES string of the molecule is CC(C)Oc1ccc(S(C)(=O)=O)cc1C(=O)N1CCN(c2cccc(C(F)(F)F)n2)CC1. The number of carbonyl (C=O) groups excluding carboxylic acids is 1. The molecule has 11 heteroatoms. The smallest absolute Gasteiger partial charge is 0.433 e. The van der Waals surface area contributed by atoms with Crippen LogP contribution in [0.5, 0.6) is 5.75 Å². The lowest BCUT2D eigenvalue weighted by Gasteiger charge is -2.36. The number of pyridine rings is 1. The molecule has 1 aromatic heterocycles. The minimum absolute atomic E-state index is 0.00348. The number of ether oxygens (including phenoxy) is 1. The maximum Gasteiger partial charge on any atom is 0.433 e. The quantitative estimate of drug-likeness (QED) is 0.666. The zero-order valence-corrected chi connectivity index (χ0v) is 18.7. The summed E-state index contributed by atoms with van der Waals surface area (Å²) in [5.74, 6) is 0.0667. The summed E-state index contributed by atoms with van der Waals surface area (Å²) in [5.41, 5.74) is -0.839. The molecule has 174 valence electrons. The van der Waals surface area contributed by atoms with E-state index in [-0.39, 0.29) is 54.3 Å². The van der Waals surface area contributed by atoms with E-state index in [0.29, 0.717) is 0 Å². The number of rotatable bonds is 5. The third-order valence-corrected chi connectivity index (χ3v) is 6.00. The van der Waals surface area contributed by atoms with Crippen LogP contribution in [0.25, 0.3) is 0 Å². The standard InChI is InChI=1S/C21H24F3N3O4S/c1-14(2)31-17-8-7-15(32(3,29)30)13-16(17)20(28)27-11-9-26(10-12-27)19-6-4-5-18(25-19)21(22,23)24/h4-8,13-14H,9-12H2,1-3H3. The average Bonchev–Trinajstić information content (AvgIpc) is 2.72. The summed E-state index contributed by atoms with van der Waals surface area (Å²) in [5, 5.41) is 0. The molecule has 7 nitrogen and oxygen atoms in total. The van der Waals surface area contributed by atoms with Crippen molar-refractivity contribution in [2.75, 3.05) is 37.3 Å². The highest BCUT2D eigenvalue weighted by atomic mass is 32.2. The third kappa shape index (κ3) is 5.50. The van der Waals surface area contributed by atoms with Crippen LogP contribution >= 0.6 is 0 Å². The first-order chi connectivity index (χ1) is 14.9. The maximum atomic E-state index is 13.2. The number of carbonyl (C=O) groups is 1. The van der Waals surface area contributed by atoms with Gasteiger partial charge in [-0.15, -0.1) is 0 Å². The van der Waals surface area contributed by atoms with Crippen LogP contribution in [-0.2, 0) is 16.0 Å². The summed E-state index contributed by atoms with van der Waals surface area (Å²) in [6.45, 7) is 4.62. The van der Waals surface area contributed by atoms with Gasteiger partial charge in [-0.3, -0.25) is 4.79 Å². The lowest BCUT2D eigenvalue weighted by molar-refractivity contribution is -0.141. The van der Waals surface area contributed by atoms with Gasteiger partial charge >= 0.3 is 6.18 Å². The largest absolute Gasteiger partial charge is 0.490 e. The minimum Gasteiger partial charge on any atom is -0.490 e. The van der Waals surface area contributed by atoms with Crippen LogP contribution in [0.3, 0.4) is 0 Å². The van der Waals surface area contributed by atoms with Gasteiger partial charge < -0.3 is 14.5 Å². The molecule has 2 aromatic rings. The summed E-state index contributed by atoms with van der Waals surface area (Å²) >= 11 is 0. The molecular formula is C21H24F3N3O4S. The number of hydrogen-bond acceptors (Lipinski definition) is 6. The Bertz CT molecular complexity index is 1100. The predicted molar refractivity (Wildman–Crippen MR) is 113 cm³/mol. The molecule has 0 aliphatic carbocycles. The molecule has 1 aromatic carbocycles. The van der Waals surface area contributed by atoms with E-state index >= 15 is 0 Å². The van der Waals surface area contributed by atoms with Crippen LogP contribution in [0.2, 0.25) is 0 Å². The van der Waals surface area contributed by atoms with E-state index in [1.54, 1.807) is 18.7 Å². The van der Waals surface area contributed by atoms with E-state index in [2.05, 4.69) is 4.98 Å². The first kappa shape index (κ1) is 23.8. The van der Waals surface area contributed by atoms with Gasteiger partial charge in [0, 0.05) is 32.4 Å². The van der Waals surface area contributed by atoms with E-state index in [0.717, 1.165) is 12.3 Å². The molecule has 3 rings (SSSR count). The molecule has 1 aliphatic rings. The van der Waals surface area contributed by atoms with Crippen molar-refractivity contribution in [1.82, 2.24) is 9.88 Å². The second-order valence-electron chi connectivity index (χ2n) is 7.75. The van der Waals surface area contributed by atoms with Gasteiger partial charge in [-0.25, -0.2) is 13.4 Å². The van der Waals surface area contributed by atoms with Crippen molar-refractivity contribution in [3.8, 4) is 5.75 Å². The van der Waals surface area contributed by atoms with Gasteiger partial charge in [0.2, 0.25) is 0 Å². The minimum atomic E-state index is -4.54. The highest BCUT2D eigenvalue weighted by molar-refractivity contribution is 7.90. The Morgan fingerprint density at radius 3 is 2.31 bits per heavy atom. The van der Waals surface area contributed by atoms with E-state index in [1.165, 1.54) is 35.2 Å². The number of hydrogen-bond donors (Lipinski definition) is 0. The van der Waals surface area contributed by atoms with Crippen molar-refractivity contribution in [2.45, 2.75) is 31.0 Å². The molecule has 1 amide bonds. The number of anilines is 1. The van der Waals surface area contributed by atoms with Crippen LogP contribution < -0.4 is 9.64 Å². The highest BCUT2D eigenvalue weighted by Gasteiger charge is 2.33. The highest BCUT2D eigenvalue weighted by Crippen LogP contribution is 2.30. The molecule has 0 atom stereocenters. The van der Waals surface area contributed by atoms with E-state index in [1.807, 2.05) is 0 Å². The first-order valence-corrected chi connectivity index (χ1v) is 11.8. The van der Waals surface area contributed by atoms with Crippen LogP contribution in [-0.4, -0.2) is 62.7 Å². The van der Waals surface area contributed by atoms with Gasteiger partial charge in [0.25, 0.3) is 5.91 Å². The number of amides is 1. The fraction of sp³-hybridized carbons (Fsp3) is 0.429. The number of halogens is 3. The molecule has 1 aliphatic heterocycles. The summed E-state index contributed by atoms with van der Waals surface area (Å²) in [6, 6.07) is 7.86. The van der Waals surface area contributed by atoms with E-state index in [9.17, 15) is 26.4 Å². The van der Waals surface area contributed by atoms with E-state index < -0.39 is 27.6 Å². The van der Waals surface area contributed by atoms with Crippen molar-refractivity contribution < 1.29 is 31.1 Å². The normalized spacial score (nSPS) is 15.2. The third-order valence-electron chi connectivity index (χ3n) is 4.89. The maximum absolute atomic E-state index is 13.2. The zero-order chi connectivity index (χ0) is 23.7. The van der Waals surface area contributed by atoms with Gasteiger partial charge in [-0.1, -0.05) is 6.07 Å². The van der Waals surface area contributed by atoms with Crippen LogP contribution in [0.15, 0.2) is 41.3 Å². The Labute approximate surface area is 184 Å². The number of aromatic nitrogens is 1. The summed E-state index contributed by atoms with van der Waals surface area (Å²) < 4.78 is 68.4. The Morgan fingerprint density at radius 2 is 1.75 bits per heavy atom. The lowest BCUT2D eigenvalue weighted by Crippen LogP contribution is -2.49. The number of benzene rings is 1. The molecule has 0 spiro atoms. The molecule has 2 heterocycles. The summed E-state index contributed by atoms with van der Waals surface area (Å²) in [7, 11) is -3.53. The van der Waals surface area contributed by atoms with Gasteiger partial charge in [-0.05, 0) is 44.2 Å². The topological polar surface area (TPSA) is 79.8 Å². The lowest BCUT2D eigenvalue weighted by atomic mass is 10.1. The molecule has 1 saturated heterocycles. The Hall–Kier alpha value is -2.82. The fourth-order valence-electron chi connectivity index (χ4n) is 3.33. The number of piperazine rings is 1. The summed E-state index contributed by atoms with van der Waals surface area (Å²) in [4.78, 5) is 20.1. The second-order valence-corrected chi connectivity index (χ2v) is 9.77. The molecule has 0 bridgehead atoms. The van der Waals surface area contributed by atoms with Crippen LogP contribution in [0, 0.1) is 0 Å². The predicted octanol–water partition coefficient (Wildman–Crippen LogP) is 3.25. The van der Waals surface area contributed by atoms with Crippen LogP contribution in [0.1, 0.15) is 29.9 Å². The van der Waals surface area contributed by atoms with Crippen molar-refractivity contribution >= 4 is 21.6 Å². The van der Waals surface area contributed by atoms with Gasteiger partial charge in [-0.2, -0.15) is 13.2 Å². The van der Waals surface area contributed by atoms with Gasteiger partial charge in [0.15, 0.2) is 9.84 Å². The van der Waals surface area contributed by atoms with Crippen molar-refractivity contribution in [3.63, 3.8) is 0 Å².